The number of carbonyl (C=O) groups is 1. The van der Waals surface area contributed by atoms with Crippen molar-refractivity contribution in [2.45, 2.75) is 36.6 Å². The summed E-state index contributed by atoms with van der Waals surface area (Å²) in [5, 5.41) is 0. The number of amides is 1. The van der Waals surface area contributed by atoms with Crippen molar-refractivity contribution in [2.24, 2.45) is 0 Å². The SMILES string of the molecule is COc1ccc(S(=O)(=O)N2CCc3ccccc32)cc1C(=O)N(C)[C@@H]1CCCc2ccccc21. The number of hydrogen-bond donors (Lipinski definition) is 0. The van der Waals surface area contributed by atoms with E-state index >= 15 is 0 Å². The van der Waals surface area contributed by atoms with Crippen LogP contribution in [0.3, 0.4) is 0 Å². The molecule has 1 amide bonds. The number of ether oxygens (including phenoxy) is 1. The minimum Gasteiger partial charge on any atom is -0.496 e. The molecular weight excluding hydrogens is 448 g/mol. The highest BCUT2D eigenvalue weighted by atomic mass is 32.2. The molecule has 7 heteroatoms. The van der Waals surface area contributed by atoms with Gasteiger partial charge in [-0.25, -0.2) is 8.42 Å². The number of benzene rings is 3. The number of nitrogens with zero attached hydrogens (tertiary/aromatic N) is 2. The van der Waals surface area contributed by atoms with E-state index in [1.165, 1.54) is 29.1 Å². The number of para-hydroxylation sites is 1. The topological polar surface area (TPSA) is 66.9 Å². The van der Waals surface area contributed by atoms with Crippen molar-refractivity contribution in [3.63, 3.8) is 0 Å². The number of rotatable bonds is 5. The first-order valence-electron chi connectivity index (χ1n) is 11.6. The molecule has 1 aliphatic carbocycles. The summed E-state index contributed by atoms with van der Waals surface area (Å²) in [7, 11) is -0.548. The smallest absolute Gasteiger partial charge is 0.264 e. The minimum absolute atomic E-state index is 0.0621. The second kappa shape index (κ2) is 8.80. The average molecular weight is 477 g/mol. The number of carbonyl (C=O) groups excluding carboxylic acids is 1. The Morgan fingerprint density at radius 3 is 2.53 bits per heavy atom. The number of hydrogen-bond acceptors (Lipinski definition) is 4. The van der Waals surface area contributed by atoms with E-state index in [9.17, 15) is 13.2 Å². The van der Waals surface area contributed by atoms with Crippen molar-refractivity contribution in [1.29, 1.82) is 0 Å². The highest BCUT2D eigenvalue weighted by Crippen LogP contribution is 2.37. The molecule has 176 valence electrons. The third-order valence-electron chi connectivity index (χ3n) is 6.96. The third-order valence-corrected chi connectivity index (χ3v) is 8.77. The first-order chi connectivity index (χ1) is 16.4. The maximum absolute atomic E-state index is 13.7. The number of aryl methyl sites for hydroxylation is 1. The number of fused-ring (bicyclic) bond motifs is 2. The highest BCUT2D eigenvalue weighted by molar-refractivity contribution is 7.92. The van der Waals surface area contributed by atoms with Gasteiger partial charge in [0.05, 0.1) is 29.3 Å². The number of methoxy groups -OCH3 is 1. The number of sulfonamides is 1. The Hall–Kier alpha value is -3.32. The fraction of sp³-hybridized carbons (Fsp3) is 0.296. The summed E-state index contributed by atoms with van der Waals surface area (Å²) in [5.74, 6) is 0.110. The molecule has 3 aromatic carbocycles. The molecule has 5 rings (SSSR count). The Morgan fingerprint density at radius 2 is 1.74 bits per heavy atom. The molecule has 0 spiro atoms. The normalized spacial score (nSPS) is 17.1. The summed E-state index contributed by atoms with van der Waals surface area (Å²) in [6, 6.07) is 20.2. The van der Waals surface area contributed by atoms with Crippen LogP contribution in [0.4, 0.5) is 5.69 Å². The van der Waals surface area contributed by atoms with Gasteiger partial charge in [0, 0.05) is 13.6 Å². The summed E-state index contributed by atoms with van der Waals surface area (Å²) in [6.45, 7) is 0.385. The molecule has 0 saturated heterocycles. The van der Waals surface area contributed by atoms with Gasteiger partial charge in [-0.3, -0.25) is 9.10 Å². The molecule has 6 nitrogen and oxygen atoms in total. The van der Waals surface area contributed by atoms with Crippen LogP contribution in [0, 0.1) is 0 Å². The second-order valence-corrected chi connectivity index (χ2v) is 10.7. The summed E-state index contributed by atoms with van der Waals surface area (Å²) >= 11 is 0. The van der Waals surface area contributed by atoms with E-state index in [0.717, 1.165) is 30.4 Å². The van der Waals surface area contributed by atoms with Gasteiger partial charge in [-0.1, -0.05) is 42.5 Å². The fourth-order valence-corrected chi connectivity index (χ4v) is 6.69. The van der Waals surface area contributed by atoms with E-state index in [4.69, 9.17) is 4.74 Å². The molecule has 0 unspecified atom stereocenters. The van der Waals surface area contributed by atoms with Gasteiger partial charge in [0.1, 0.15) is 5.75 Å². The second-order valence-electron chi connectivity index (χ2n) is 8.84. The zero-order valence-electron chi connectivity index (χ0n) is 19.4. The lowest BCUT2D eigenvalue weighted by molar-refractivity contribution is 0.0711. The molecule has 3 aromatic rings. The monoisotopic (exact) mass is 476 g/mol. The molecule has 0 bridgehead atoms. The summed E-state index contributed by atoms with van der Waals surface area (Å²) in [6.07, 6.45) is 3.54. The van der Waals surface area contributed by atoms with Crippen LogP contribution in [0.1, 0.15) is 45.9 Å². The van der Waals surface area contributed by atoms with Crippen molar-refractivity contribution < 1.29 is 17.9 Å². The van der Waals surface area contributed by atoms with Gasteiger partial charge in [-0.2, -0.15) is 0 Å². The molecule has 1 atom stereocenters. The number of anilines is 1. The van der Waals surface area contributed by atoms with Gasteiger partial charge < -0.3 is 9.64 Å². The third kappa shape index (κ3) is 3.74. The van der Waals surface area contributed by atoms with Crippen LogP contribution in [-0.2, 0) is 22.9 Å². The molecule has 1 aliphatic heterocycles. The summed E-state index contributed by atoms with van der Waals surface area (Å²) in [5.41, 5.74) is 4.37. The van der Waals surface area contributed by atoms with Gasteiger partial charge in [-0.15, -0.1) is 0 Å². The van der Waals surface area contributed by atoms with E-state index in [1.807, 2.05) is 36.4 Å². The van der Waals surface area contributed by atoms with Gasteiger partial charge in [0.2, 0.25) is 0 Å². The zero-order valence-corrected chi connectivity index (χ0v) is 20.2. The predicted octanol–water partition coefficient (Wildman–Crippen LogP) is 4.60. The highest BCUT2D eigenvalue weighted by Gasteiger charge is 2.33. The van der Waals surface area contributed by atoms with E-state index < -0.39 is 10.0 Å². The molecule has 2 aliphatic rings. The molecular formula is C27H28N2O4S. The fourth-order valence-electron chi connectivity index (χ4n) is 5.16. The zero-order chi connectivity index (χ0) is 23.9. The van der Waals surface area contributed by atoms with Crippen LogP contribution in [0.2, 0.25) is 0 Å². The van der Waals surface area contributed by atoms with E-state index in [2.05, 4.69) is 12.1 Å². The Morgan fingerprint density at radius 1 is 1.00 bits per heavy atom. The van der Waals surface area contributed by atoms with Crippen LogP contribution in [0.15, 0.2) is 71.6 Å². The first kappa shape index (κ1) is 22.5. The molecule has 0 N–H and O–H groups in total. The van der Waals surface area contributed by atoms with Crippen molar-refractivity contribution in [2.75, 3.05) is 25.0 Å². The average Bonchev–Trinajstić information content (AvgIpc) is 3.32. The predicted molar refractivity (Wildman–Crippen MR) is 132 cm³/mol. The Labute approximate surface area is 200 Å². The van der Waals surface area contributed by atoms with Gasteiger partial charge in [0.15, 0.2) is 0 Å². The van der Waals surface area contributed by atoms with Crippen LogP contribution in [0.25, 0.3) is 0 Å². The molecule has 0 saturated carbocycles. The maximum atomic E-state index is 13.7. The van der Waals surface area contributed by atoms with Gasteiger partial charge >= 0.3 is 0 Å². The standard InChI is InChI=1S/C27H28N2O4S/c1-28(25-13-7-10-19-8-3-5-11-22(19)25)27(30)23-18-21(14-15-26(23)33-2)34(31,32)29-17-16-20-9-4-6-12-24(20)29/h3-6,8-9,11-12,14-15,18,25H,7,10,13,16-17H2,1-2H3/t25-/m1/s1. The lowest BCUT2D eigenvalue weighted by atomic mass is 9.87. The summed E-state index contributed by atoms with van der Waals surface area (Å²) in [4.78, 5) is 15.5. The van der Waals surface area contributed by atoms with Crippen LogP contribution >= 0.6 is 0 Å². The Kier molecular flexibility index (Phi) is 5.81. The lowest BCUT2D eigenvalue weighted by Crippen LogP contribution is -2.34. The van der Waals surface area contributed by atoms with E-state index in [-0.39, 0.29) is 22.4 Å². The van der Waals surface area contributed by atoms with E-state index in [0.29, 0.717) is 24.4 Å². The molecule has 0 aromatic heterocycles. The molecule has 1 heterocycles. The van der Waals surface area contributed by atoms with Crippen LogP contribution in [-0.4, -0.2) is 39.9 Å². The van der Waals surface area contributed by atoms with Gasteiger partial charge in [-0.05, 0) is 66.6 Å². The molecule has 0 fully saturated rings. The lowest BCUT2D eigenvalue weighted by Gasteiger charge is -2.33. The van der Waals surface area contributed by atoms with Gasteiger partial charge in [0.25, 0.3) is 15.9 Å². The van der Waals surface area contributed by atoms with Crippen molar-refractivity contribution in [3.8, 4) is 5.75 Å². The minimum atomic E-state index is -3.83. The van der Waals surface area contributed by atoms with Crippen LogP contribution < -0.4 is 9.04 Å². The van der Waals surface area contributed by atoms with Crippen molar-refractivity contribution >= 4 is 21.6 Å². The van der Waals surface area contributed by atoms with Crippen LogP contribution in [0.5, 0.6) is 5.75 Å². The maximum Gasteiger partial charge on any atom is 0.264 e. The van der Waals surface area contributed by atoms with Crippen molar-refractivity contribution in [1.82, 2.24) is 4.90 Å². The quantitative estimate of drug-likeness (QED) is 0.540. The first-order valence-corrected chi connectivity index (χ1v) is 13.0. The largest absolute Gasteiger partial charge is 0.496 e. The summed E-state index contributed by atoms with van der Waals surface area (Å²) < 4.78 is 34.0. The Bertz CT molecular complexity index is 1350. The van der Waals surface area contributed by atoms with E-state index in [1.54, 1.807) is 18.0 Å². The molecule has 34 heavy (non-hydrogen) atoms. The molecule has 0 radical (unpaired) electrons. The van der Waals surface area contributed by atoms with Crippen molar-refractivity contribution in [3.05, 3.63) is 89.0 Å². The Balaban J connectivity index is 1.50.